The topological polar surface area (TPSA) is 63.2 Å². The largest absolute Gasteiger partial charge is 0.444 e. The van der Waals surface area contributed by atoms with Crippen molar-refractivity contribution < 1.29 is 9.53 Å². The van der Waals surface area contributed by atoms with E-state index in [4.69, 9.17) is 4.74 Å². The zero-order valence-electron chi connectivity index (χ0n) is 13.4. The quantitative estimate of drug-likeness (QED) is 0.530. The van der Waals surface area contributed by atoms with Crippen molar-refractivity contribution in [2.45, 2.75) is 37.8 Å². The van der Waals surface area contributed by atoms with Crippen molar-refractivity contribution in [3.63, 3.8) is 0 Å². The summed E-state index contributed by atoms with van der Waals surface area (Å²) in [6, 6.07) is 5.92. The molecule has 0 unspecified atom stereocenters. The summed E-state index contributed by atoms with van der Waals surface area (Å²) in [5.74, 6) is 1.01. The molecule has 0 fully saturated rings. The molecule has 0 spiro atoms. The van der Waals surface area contributed by atoms with Gasteiger partial charge < -0.3 is 15.4 Å². The number of aromatic nitrogens is 1. The lowest BCUT2D eigenvalue weighted by Crippen LogP contribution is -2.34. The Morgan fingerprint density at radius 1 is 1.27 bits per heavy atom. The second-order valence-corrected chi connectivity index (χ2v) is 8.04. The molecule has 124 valence electrons. The van der Waals surface area contributed by atoms with Crippen molar-refractivity contribution >= 4 is 27.7 Å². The first-order valence-corrected chi connectivity index (χ1v) is 9.67. The van der Waals surface area contributed by atoms with E-state index in [-0.39, 0.29) is 6.09 Å². The van der Waals surface area contributed by atoms with Crippen LogP contribution < -0.4 is 10.6 Å². The predicted octanol–water partition coefficient (Wildman–Crippen LogP) is 3.33. The number of alkyl carbamates (subject to hydrolysis) is 1. The first-order chi connectivity index (χ1) is 10.5. The third kappa shape index (κ3) is 10.8. The number of hydrogen-bond acceptors (Lipinski definition) is 6. The summed E-state index contributed by atoms with van der Waals surface area (Å²) in [6.45, 7) is 8.01. The molecule has 1 rings (SSSR count). The van der Waals surface area contributed by atoms with Gasteiger partial charge >= 0.3 is 6.09 Å². The summed E-state index contributed by atoms with van der Waals surface area (Å²) in [7, 11) is 3.47. The Labute approximate surface area is 140 Å². The van der Waals surface area contributed by atoms with E-state index < -0.39 is 5.60 Å². The van der Waals surface area contributed by atoms with Gasteiger partial charge in [-0.2, -0.15) is 0 Å². The molecule has 0 bridgehead atoms. The van der Waals surface area contributed by atoms with Crippen molar-refractivity contribution in [2.75, 3.05) is 25.4 Å². The molecule has 0 saturated carbocycles. The van der Waals surface area contributed by atoms with Gasteiger partial charge in [-0.15, -0.1) is 0 Å². The lowest BCUT2D eigenvalue weighted by Gasteiger charge is -2.19. The number of carbonyl (C=O) groups excluding carboxylic acids is 1. The molecule has 0 aliphatic heterocycles. The number of hydrogen-bond donors (Lipinski definition) is 2. The van der Waals surface area contributed by atoms with Crippen molar-refractivity contribution in [1.29, 1.82) is 0 Å². The molecule has 1 amide bonds. The summed E-state index contributed by atoms with van der Waals surface area (Å²) in [5.41, 5.74) is -0.440. The number of amides is 1. The van der Waals surface area contributed by atoms with Crippen LogP contribution in [-0.4, -0.2) is 42.1 Å². The summed E-state index contributed by atoms with van der Waals surface area (Å²) in [6.07, 6.45) is 2.34. The van der Waals surface area contributed by atoms with Gasteiger partial charge in [0.1, 0.15) is 10.6 Å². The molecule has 0 saturated heterocycles. The fraction of sp³-hybridized carbons (Fsp3) is 0.600. The highest BCUT2D eigenvalue weighted by atomic mass is 33.1. The minimum absolute atomic E-state index is 0.352. The molecule has 1 heterocycles. The van der Waals surface area contributed by atoms with E-state index in [0.29, 0.717) is 6.54 Å². The maximum absolute atomic E-state index is 11.4. The Morgan fingerprint density at radius 3 is 2.77 bits per heavy atom. The molecule has 5 nitrogen and oxygen atoms in total. The number of carbonyl (C=O) groups is 1. The molecule has 2 N–H and O–H groups in total. The maximum atomic E-state index is 11.4. The zero-order chi connectivity index (χ0) is 16.3. The van der Waals surface area contributed by atoms with E-state index in [1.165, 1.54) is 0 Å². The Kier molecular flexibility index (Phi) is 9.34. The fourth-order valence-corrected chi connectivity index (χ4v) is 3.28. The Bertz CT molecular complexity index is 425. The van der Waals surface area contributed by atoms with Crippen LogP contribution in [0.25, 0.3) is 0 Å². The third-order valence-electron chi connectivity index (χ3n) is 2.34. The lowest BCUT2D eigenvalue weighted by molar-refractivity contribution is 0.0527. The summed E-state index contributed by atoms with van der Waals surface area (Å²) >= 11 is 0. The molecular formula is C15H25N3O2S2. The SMILES string of the molecule is CC(C)(C)OC(=O)NCCCNCCSSc1ccccn1. The highest BCUT2D eigenvalue weighted by molar-refractivity contribution is 8.76. The highest BCUT2D eigenvalue weighted by Gasteiger charge is 2.15. The van der Waals surface area contributed by atoms with Gasteiger partial charge in [0.05, 0.1) is 0 Å². The maximum Gasteiger partial charge on any atom is 0.407 e. The molecule has 0 atom stereocenters. The third-order valence-corrected chi connectivity index (χ3v) is 4.61. The summed E-state index contributed by atoms with van der Waals surface area (Å²) < 4.78 is 5.16. The average Bonchev–Trinajstić information content (AvgIpc) is 2.44. The van der Waals surface area contributed by atoms with E-state index in [2.05, 4.69) is 15.6 Å². The number of pyridine rings is 1. The molecule has 0 aliphatic carbocycles. The normalized spacial score (nSPS) is 11.2. The van der Waals surface area contributed by atoms with Gasteiger partial charge in [0.2, 0.25) is 0 Å². The number of rotatable bonds is 9. The smallest absolute Gasteiger partial charge is 0.407 e. The van der Waals surface area contributed by atoms with Crippen LogP contribution in [-0.2, 0) is 4.74 Å². The summed E-state index contributed by atoms with van der Waals surface area (Å²) in [4.78, 5) is 15.7. The molecular weight excluding hydrogens is 318 g/mol. The minimum atomic E-state index is -0.440. The molecule has 0 radical (unpaired) electrons. The molecule has 0 aromatic carbocycles. The second-order valence-electron chi connectivity index (χ2n) is 5.61. The van der Waals surface area contributed by atoms with Gasteiger partial charge in [-0.1, -0.05) is 16.9 Å². The predicted molar refractivity (Wildman–Crippen MR) is 94.3 cm³/mol. The first kappa shape index (κ1) is 19.1. The fourth-order valence-electron chi connectivity index (χ4n) is 1.46. The van der Waals surface area contributed by atoms with Gasteiger partial charge in [-0.25, -0.2) is 9.78 Å². The first-order valence-electron chi connectivity index (χ1n) is 7.35. The van der Waals surface area contributed by atoms with Crippen molar-refractivity contribution in [3.05, 3.63) is 24.4 Å². The zero-order valence-corrected chi connectivity index (χ0v) is 15.1. The summed E-state index contributed by atoms with van der Waals surface area (Å²) in [5, 5.41) is 7.13. The Balaban J connectivity index is 1.89. The van der Waals surface area contributed by atoms with Crippen LogP contribution in [0.4, 0.5) is 4.79 Å². The van der Waals surface area contributed by atoms with E-state index in [1.807, 2.05) is 39.0 Å². The minimum Gasteiger partial charge on any atom is -0.444 e. The van der Waals surface area contributed by atoms with Crippen LogP contribution in [0.5, 0.6) is 0 Å². The van der Waals surface area contributed by atoms with Crippen LogP contribution in [0.15, 0.2) is 29.4 Å². The second kappa shape index (κ2) is 10.7. The van der Waals surface area contributed by atoms with Crippen LogP contribution in [0.2, 0.25) is 0 Å². The van der Waals surface area contributed by atoms with Gasteiger partial charge in [0.25, 0.3) is 0 Å². The molecule has 1 aromatic rings. The Morgan fingerprint density at radius 2 is 2.09 bits per heavy atom. The van der Waals surface area contributed by atoms with Gasteiger partial charge in [-0.3, -0.25) is 0 Å². The lowest BCUT2D eigenvalue weighted by atomic mass is 10.2. The monoisotopic (exact) mass is 343 g/mol. The van der Waals surface area contributed by atoms with Gasteiger partial charge in [-0.05, 0) is 56.7 Å². The average molecular weight is 344 g/mol. The standard InChI is InChI=1S/C15H25N3O2S2/c1-15(2,3)20-14(19)18-10-6-8-16-11-12-21-22-13-7-4-5-9-17-13/h4-5,7,9,16H,6,8,10-12H2,1-3H3,(H,18,19). The number of ether oxygens (including phenoxy) is 1. The van der Waals surface area contributed by atoms with Crippen LogP contribution in [0, 0.1) is 0 Å². The van der Waals surface area contributed by atoms with Gasteiger partial charge in [0, 0.05) is 25.0 Å². The Hall–Kier alpha value is -0.920. The van der Waals surface area contributed by atoms with E-state index >= 15 is 0 Å². The van der Waals surface area contributed by atoms with Crippen LogP contribution in [0.3, 0.4) is 0 Å². The van der Waals surface area contributed by atoms with Crippen molar-refractivity contribution in [3.8, 4) is 0 Å². The number of nitrogens with one attached hydrogen (secondary N) is 2. The van der Waals surface area contributed by atoms with Crippen molar-refractivity contribution in [2.24, 2.45) is 0 Å². The van der Waals surface area contributed by atoms with Crippen molar-refractivity contribution in [1.82, 2.24) is 15.6 Å². The molecule has 1 aromatic heterocycles. The molecule has 22 heavy (non-hydrogen) atoms. The van der Waals surface area contributed by atoms with E-state index in [9.17, 15) is 4.79 Å². The van der Waals surface area contributed by atoms with Crippen LogP contribution >= 0.6 is 21.6 Å². The highest BCUT2D eigenvalue weighted by Crippen LogP contribution is 2.28. The van der Waals surface area contributed by atoms with E-state index in [1.54, 1.807) is 27.8 Å². The van der Waals surface area contributed by atoms with E-state index in [0.717, 1.165) is 30.3 Å². The number of nitrogens with zero attached hydrogens (tertiary/aromatic N) is 1. The molecule has 7 heteroatoms. The molecule has 0 aliphatic rings. The van der Waals surface area contributed by atoms with Gasteiger partial charge in [0.15, 0.2) is 0 Å². The van der Waals surface area contributed by atoms with Crippen LogP contribution in [0.1, 0.15) is 27.2 Å².